The van der Waals surface area contributed by atoms with Crippen molar-refractivity contribution < 1.29 is 14.3 Å². The summed E-state index contributed by atoms with van der Waals surface area (Å²) in [7, 11) is 1.37. The Balaban J connectivity index is 1.70. The van der Waals surface area contributed by atoms with Gasteiger partial charge in [0.15, 0.2) is 5.13 Å². The molecule has 0 saturated carbocycles. The molecular formula is C19H23N3O3S. The zero-order valence-corrected chi connectivity index (χ0v) is 15.6. The third-order valence-electron chi connectivity index (χ3n) is 4.47. The Morgan fingerprint density at radius 2 is 2.15 bits per heavy atom. The minimum Gasteiger partial charge on any atom is -0.469 e. The number of methoxy groups -OCH3 is 1. The summed E-state index contributed by atoms with van der Waals surface area (Å²) in [5, 5.41) is 6.72. The van der Waals surface area contributed by atoms with Gasteiger partial charge in [-0.05, 0) is 31.8 Å². The van der Waals surface area contributed by atoms with Gasteiger partial charge in [-0.1, -0.05) is 30.3 Å². The lowest BCUT2D eigenvalue weighted by Gasteiger charge is -2.07. The van der Waals surface area contributed by atoms with Gasteiger partial charge < -0.3 is 15.4 Å². The van der Waals surface area contributed by atoms with Crippen LogP contribution in [0.1, 0.15) is 24.1 Å². The van der Waals surface area contributed by atoms with Gasteiger partial charge in [-0.2, -0.15) is 0 Å². The van der Waals surface area contributed by atoms with Crippen LogP contribution in [0, 0.1) is 5.92 Å². The minimum absolute atomic E-state index is 0.0325. The van der Waals surface area contributed by atoms with Crippen molar-refractivity contribution >= 4 is 28.3 Å². The van der Waals surface area contributed by atoms with Gasteiger partial charge in [-0.3, -0.25) is 9.59 Å². The van der Waals surface area contributed by atoms with Crippen LogP contribution in [0.3, 0.4) is 0 Å². The summed E-state index contributed by atoms with van der Waals surface area (Å²) in [5.74, 6) is 0.221. The van der Waals surface area contributed by atoms with E-state index in [0.717, 1.165) is 42.1 Å². The molecular weight excluding hydrogens is 350 g/mol. The van der Waals surface area contributed by atoms with Crippen molar-refractivity contribution in [2.75, 3.05) is 25.5 Å². The van der Waals surface area contributed by atoms with E-state index in [4.69, 9.17) is 4.74 Å². The molecule has 1 amide bonds. The van der Waals surface area contributed by atoms with Gasteiger partial charge in [-0.15, -0.1) is 11.3 Å². The van der Waals surface area contributed by atoms with E-state index >= 15 is 0 Å². The van der Waals surface area contributed by atoms with E-state index < -0.39 is 0 Å². The quantitative estimate of drug-likeness (QED) is 0.730. The third kappa shape index (κ3) is 4.89. The van der Waals surface area contributed by atoms with Crippen molar-refractivity contribution in [3.8, 4) is 11.3 Å². The van der Waals surface area contributed by atoms with Crippen LogP contribution in [0.5, 0.6) is 0 Å². The summed E-state index contributed by atoms with van der Waals surface area (Å²) >= 11 is 1.33. The van der Waals surface area contributed by atoms with E-state index in [1.54, 1.807) is 0 Å². The average Bonchev–Trinajstić information content (AvgIpc) is 3.30. The summed E-state index contributed by atoms with van der Waals surface area (Å²) in [6.07, 6.45) is 2.64. The minimum atomic E-state index is -0.322. The maximum atomic E-state index is 12.2. The highest BCUT2D eigenvalue weighted by Crippen LogP contribution is 2.32. The van der Waals surface area contributed by atoms with Crippen molar-refractivity contribution in [3.05, 3.63) is 35.2 Å². The molecule has 1 saturated heterocycles. The topological polar surface area (TPSA) is 80.3 Å². The van der Waals surface area contributed by atoms with Crippen LogP contribution >= 0.6 is 11.3 Å². The molecule has 1 aromatic carbocycles. The van der Waals surface area contributed by atoms with Crippen LogP contribution < -0.4 is 10.6 Å². The molecule has 0 radical (unpaired) electrons. The first kappa shape index (κ1) is 18.5. The number of rotatable bonds is 7. The third-order valence-corrected chi connectivity index (χ3v) is 5.44. The number of benzene rings is 1. The van der Waals surface area contributed by atoms with Crippen LogP contribution in [0.2, 0.25) is 0 Å². The van der Waals surface area contributed by atoms with Crippen LogP contribution in [0.25, 0.3) is 11.3 Å². The molecule has 6 nitrogen and oxygen atoms in total. The fourth-order valence-electron chi connectivity index (χ4n) is 3.03. The zero-order chi connectivity index (χ0) is 18.4. The molecule has 1 atom stereocenters. The summed E-state index contributed by atoms with van der Waals surface area (Å²) in [6, 6.07) is 9.65. The molecule has 26 heavy (non-hydrogen) atoms. The molecule has 1 aliphatic heterocycles. The van der Waals surface area contributed by atoms with Gasteiger partial charge in [0.1, 0.15) is 0 Å². The summed E-state index contributed by atoms with van der Waals surface area (Å²) in [5.41, 5.74) is 1.64. The highest BCUT2D eigenvalue weighted by molar-refractivity contribution is 7.16. The van der Waals surface area contributed by atoms with Crippen molar-refractivity contribution in [1.82, 2.24) is 10.3 Å². The maximum absolute atomic E-state index is 12.2. The molecule has 0 aliphatic carbocycles. The second-order valence-corrected chi connectivity index (χ2v) is 7.44. The van der Waals surface area contributed by atoms with E-state index in [1.807, 2.05) is 30.3 Å². The maximum Gasteiger partial charge on any atom is 0.310 e. The van der Waals surface area contributed by atoms with Gasteiger partial charge in [0.2, 0.25) is 5.91 Å². The standard InChI is InChI=1S/C19H23N3O3S/c1-25-17(24)11-15-18(14-5-3-2-4-6-14)22-19(26-15)21-16(23)8-7-13-9-10-20-12-13/h2-6,13,20H,7-12H2,1H3,(H,21,22,23). The fraction of sp³-hybridized carbons (Fsp3) is 0.421. The second kappa shape index (κ2) is 8.91. The van der Waals surface area contributed by atoms with E-state index in [-0.39, 0.29) is 18.3 Å². The zero-order valence-electron chi connectivity index (χ0n) is 14.8. The van der Waals surface area contributed by atoms with Crippen LogP contribution in [0.15, 0.2) is 30.3 Å². The molecule has 1 fully saturated rings. The van der Waals surface area contributed by atoms with Gasteiger partial charge in [0.05, 0.1) is 19.2 Å². The largest absolute Gasteiger partial charge is 0.469 e. The number of thiazole rings is 1. The number of anilines is 1. The predicted molar refractivity (Wildman–Crippen MR) is 102 cm³/mol. The number of hydrogen-bond acceptors (Lipinski definition) is 6. The molecule has 3 rings (SSSR count). The number of carbonyl (C=O) groups excluding carboxylic acids is 2. The second-order valence-electron chi connectivity index (χ2n) is 6.36. The molecule has 0 bridgehead atoms. The van der Waals surface area contributed by atoms with E-state index in [0.29, 0.717) is 17.5 Å². The normalized spacial score (nSPS) is 16.4. The smallest absolute Gasteiger partial charge is 0.310 e. The Morgan fingerprint density at radius 1 is 1.35 bits per heavy atom. The van der Waals surface area contributed by atoms with Crippen LogP contribution in [-0.2, 0) is 20.7 Å². The number of ether oxygens (including phenoxy) is 1. The van der Waals surface area contributed by atoms with E-state index in [2.05, 4.69) is 15.6 Å². The Bertz CT molecular complexity index is 755. The molecule has 1 aromatic heterocycles. The summed E-state index contributed by atoms with van der Waals surface area (Å²) in [6.45, 7) is 2.03. The lowest BCUT2D eigenvalue weighted by atomic mass is 10.0. The summed E-state index contributed by atoms with van der Waals surface area (Å²) < 4.78 is 4.78. The molecule has 2 aromatic rings. The highest BCUT2D eigenvalue weighted by atomic mass is 32.1. The SMILES string of the molecule is COC(=O)Cc1sc(NC(=O)CCC2CCNC2)nc1-c1ccccc1. The van der Waals surface area contributed by atoms with E-state index in [9.17, 15) is 9.59 Å². The molecule has 7 heteroatoms. The van der Waals surface area contributed by atoms with Crippen molar-refractivity contribution in [1.29, 1.82) is 0 Å². The van der Waals surface area contributed by atoms with Gasteiger partial charge in [-0.25, -0.2) is 4.98 Å². The Morgan fingerprint density at radius 3 is 2.85 bits per heavy atom. The Kier molecular flexibility index (Phi) is 6.35. The number of aromatic nitrogens is 1. The molecule has 2 N–H and O–H groups in total. The first-order valence-electron chi connectivity index (χ1n) is 8.78. The van der Waals surface area contributed by atoms with Gasteiger partial charge in [0, 0.05) is 16.9 Å². The number of nitrogens with one attached hydrogen (secondary N) is 2. The highest BCUT2D eigenvalue weighted by Gasteiger charge is 2.19. The van der Waals surface area contributed by atoms with Crippen molar-refractivity contribution in [2.24, 2.45) is 5.92 Å². The van der Waals surface area contributed by atoms with E-state index in [1.165, 1.54) is 18.4 Å². The lowest BCUT2D eigenvalue weighted by Crippen LogP contribution is -2.14. The van der Waals surface area contributed by atoms with Gasteiger partial charge in [0.25, 0.3) is 0 Å². The predicted octanol–water partition coefficient (Wildman–Crippen LogP) is 2.85. The monoisotopic (exact) mass is 373 g/mol. The molecule has 1 unspecified atom stereocenters. The molecule has 1 aliphatic rings. The number of hydrogen-bond donors (Lipinski definition) is 2. The Labute approximate surface area is 157 Å². The Hall–Kier alpha value is -2.25. The molecule has 0 spiro atoms. The first-order valence-corrected chi connectivity index (χ1v) is 9.60. The average molecular weight is 373 g/mol. The van der Waals surface area contributed by atoms with Crippen molar-refractivity contribution in [3.63, 3.8) is 0 Å². The number of esters is 1. The van der Waals surface area contributed by atoms with Crippen LogP contribution in [0.4, 0.5) is 5.13 Å². The molecule has 2 heterocycles. The summed E-state index contributed by atoms with van der Waals surface area (Å²) in [4.78, 5) is 29.3. The van der Waals surface area contributed by atoms with Gasteiger partial charge >= 0.3 is 5.97 Å². The molecule has 138 valence electrons. The van der Waals surface area contributed by atoms with Crippen molar-refractivity contribution in [2.45, 2.75) is 25.7 Å². The number of carbonyl (C=O) groups is 2. The fourth-order valence-corrected chi connectivity index (χ4v) is 4.01. The van der Waals surface area contributed by atoms with Crippen LogP contribution in [-0.4, -0.2) is 37.1 Å². The number of nitrogens with zero attached hydrogens (tertiary/aromatic N) is 1. The first-order chi connectivity index (χ1) is 12.7. The lowest BCUT2D eigenvalue weighted by molar-refractivity contribution is -0.139. The number of amides is 1.